The SMILES string of the molecule is CCNC(c1ccc(Br)cc1)c1c(C)ccnc1N. The van der Waals surface area contributed by atoms with E-state index in [0.29, 0.717) is 5.82 Å². The molecule has 1 aromatic carbocycles. The molecule has 0 aliphatic carbocycles. The van der Waals surface area contributed by atoms with Crippen LogP contribution in [0.15, 0.2) is 41.0 Å². The summed E-state index contributed by atoms with van der Waals surface area (Å²) in [7, 11) is 0. The normalized spacial score (nSPS) is 12.4. The van der Waals surface area contributed by atoms with Crippen molar-refractivity contribution in [3.63, 3.8) is 0 Å². The van der Waals surface area contributed by atoms with Gasteiger partial charge in [-0.2, -0.15) is 0 Å². The molecule has 0 fully saturated rings. The van der Waals surface area contributed by atoms with Crippen LogP contribution in [0.1, 0.15) is 29.7 Å². The van der Waals surface area contributed by atoms with Gasteiger partial charge in [0.05, 0.1) is 6.04 Å². The number of halogens is 1. The van der Waals surface area contributed by atoms with Gasteiger partial charge in [0.1, 0.15) is 5.82 Å². The third-order valence-electron chi connectivity index (χ3n) is 3.14. The molecule has 1 aromatic heterocycles. The number of nitrogens with two attached hydrogens (primary N) is 1. The van der Waals surface area contributed by atoms with E-state index in [1.807, 2.05) is 18.2 Å². The van der Waals surface area contributed by atoms with Gasteiger partial charge >= 0.3 is 0 Å². The van der Waals surface area contributed by atoms with Crippen LogP contribution in [-0.2, 0) is 0 Å². The molecule has 0 saturated carbocycles. The molecule has 2 rings (SSSR count). The summed E-state index contributed by atoms with van der Waals surface area (Å²) in [4.78, 5) is 4.21. The van der Waals surface area contributed by atoms with Crippen molar-refractivity contribution < 1.29 is 0 Å². The fourth-order valence-electron chi connectivity index (χ4n) is 2.21. The maximum Gasteiger partial charge on any atom is 0.128 e. The monoisotopic (exact) mass is 319 g/mol. The standard InChI is InChI=1S/C15H18BrN3/c1-3-18-14(11-4-6-12(16)7-5-11)13-10(2)8-9-19-15(13)17/h4-9,14,18H,3H2,1-2H3,(H2,17,19). The minimum atomic E-state index is 0.0757. The molecule has 1 atom stereocenters. The quantitative estimate of drug-likeness (QED) is 0.907. The maximum atomic E-state index is 6.06. The highest BCUT2D eigenvalue weighted by Crippen LogP contribution is 2.29. The fraction of sp³-hybridized carbons (Fsp3) is 0.267. The number of rotatable bonds is 4. The lowest BCUT2D eigenvalue weighted by molar-refractivity contribution is 0.627. The maximum absolute atomic E-state index is 6.06. The van der Waals surface area contributed by atoms with Gasteiger partial charge in [0.25, 0.3) is 0 Å². The molecule has 0 bridgehead atoms. The molecule has 100 valence electrons. The average Bonchev–Trinajstić information content (AvgIpc) is 2.38. The number of nitrogens with one attached hydrogen (secondary N) is 1. The van der Waals surface area contributed by atoms with Gasteiger partial charge in [0.2, 0.25) is 0 Å². The Morgan fingerprint density at radius 1 is 1.26 bits per heavy atom. The van der Waals surface area contributed by atoms with Gasteiger partial charge in [-0.05, 0) is 42.8 Å². The van der Waals surface area contributed by atoms with Gasteiger partial charge in [-0.15, -0.1) is 0 Å². The lowest BCUT2D eigenvalue weighted by Gasteiger charge is -2.22. The third-order valence-corrected chi connectivity index (χ3v) is 3.67. The van der Waals surface area contributed by atoms with Crippen LogP contribution in [0.5, 0.6) is 0 Å². The highest BCUT2D eigenvalue weighted by Gasteiger charge is 2.18. The van der Waals surface area contributed by atoms with E-state index >= 15 is 0 Å². The van der Waals surface area contributed by atoms with Gasteiger partial charge in [0, 0.05) is 16.2 Å². The number of nitrogens with zero attached hydrogens (tertiary/aromatic N) is 1. The Kier molecular flexibility index (Phi) is 4.56. The topological polar surface area (TPSA) is 50.9 Å². The molecule has 1 unspecified atom stereocenters. The lowest BCUT2D eigenvalue weighted by atomic mass is 9.95. The Morgan fingerprint density at radius 2 is 1.95 bits per heavy atom. The van der Waals surface area contributed by atoms with Crippen LogP contribution in [0.25, 0.3) is 0 Å². The van der Waals surface area contributed by atoms with Gasteiger partial charge in [0.15, 0.2) is 0 Å². The number of pyridine rings is 1. The number of benzene rings is 1. The number of aryl methyl sites for hydroxylation is 1. The van der Waals surface area contributed by atoms with E-state index < -0.39 is 0 Å². The molecule has 0 amide bonds. The number of hydrogen-bond donors (Lipinski definition) is 2. The third kappa shape index (κ3) is 3.14. The zero-order valence-electron chi connectivity index (χ0n) is 11.2. The first-order chi connectivity index (χ1) is 9.13. The largest absolute Gasteiger partial charge is 0.383 e. The van der Waals surface area contributed by atoms with Gasteiger partial charge < -0.3 is 11.1 Å². The van der Waals surface area contributed by atoms with E-state index in [0.717, 1.165) is 22.1 Å². The van der Waals surface area contributed by atoms with E-state index in [-0.39, 0.29) is 6.04 Å². The number of nitrogen functional groups attached to an aromatic ring is 1. The summed E-state index contributed by atoms with van der Waals surface area (Å²) in [6.07, 6.45) is 1.75. The van der Waals surface area contributed by atoms with Crippen molar-refractivity contribution in [2.75, 3.05) is 12.3 Å². The summed E-state index contributed by atoms with van der Waals surface area (Å²) in [5, 5.41) is 3.48. The first-order valence-electron chi connectivity index (χ1n) is 6.33. The van der Waals surface area contributed by atoms with Crippen molar-refractivity contribution >= 4 is 21.7 Å². The molecule has 19 heavy (non-hydrogen) atoms. The van der Waals surface area contributed by atoms with E-state index in [4.69, 9.17) is 5.73 Å². The Hall–Kier alpha value is -1.39. The van der Waals surface area contributed by atoms with Crippen LogP contribution in [0, 0.1) is 6.92 Å². The first kappa shape index (κ1) is 14.0. The number of aromatic nitrogens is 1. The smallest absolute Gasteiger partial charge is 0.128 e. The Labute approximate surface area is 122 Å². The van der Waals surface area contributed by atoms with Crippen LogP contribution in [-0.4, -0.2) is 11.5 Å². The fourth-order valence-corrected chi connectivity index (χ4v) is 2.48. The molecular weight excluding hydrogens is 302 g/mol. The van der Waals surface area contributed by atoms with Crippen molar-refractivity contribution in [2.24, 2.45) is 0 Å². The van der Waals surface area contributed by atoms with Crippen LogP contribution in [0.3, 0.4) is 0 Å². The summed E-state index contributed by atoms with van der Waals surface area (Å²) >= 11 is 3.46. The zero-order chi connectivity index (χ0) is 13.8. The Morgan fingerprint density at radius 3 is 2.53 bits per heavy atom. The second-order valence-corrected chi connectivity index (χ2v) is 5.38. The van der Waals surface area contributed by atoms with Crippen molar-refractivity contribution in [3.05, 3.63) is 57.7 Å². The van der Waals surface area contributed by atoms with Gasteiger partial charge in [-0.3, -0.25) is 0 Å². The molecule has 0 spiro atoms. The molecule has 4 heteroatoms. The minimum absolute atomic E-state index is 0.0757. The lowest BCUT2D eigenvalue weighted by Crippen LogP contribution is -2.24. The highest BCUT2D eigenvalue weighted by atomic mass is 79.9. The predicted molar refractivity (Wildman–Crippen MR) is 83.0 cm³/mol. The summed E-state index contributed by atoms with van der Waals surface area (Å²) in [6, 6.07) is 10.4. The summed E-state index contributed by atoms with van der Waals surface area (Å²) in [6.45, 7) is 5.03. The Balaban J connectivity index is 2.48. The molecule has 3 nitrogen and oxygen atoms in total. The van der Waals surface area contributed by atoms with Crippen molar-refractivity contribution in [3.8, 4) is 0 Å². The van der Waals surface area contributed by atoms with Gasteiger partial charge in [-0.1, -0.05) is 35.0 Å². The molecule has 0 aliphatic heterocycles. The van der Waals surface area contributed by atoms with Crippen LogP contribution >= 0.6 is 15.9 Å². The Bertz CT molecular complexity index is 532. The molecule has 0 aliphatic rings. The van der Waals surface area contributed by atoms with E-state index in [1.54, 1.807) is 6.20 Å². The molecule has 0 radical (unpaired) electrons. The molecule has 1 heterocycles. The minimum Gasteiger partial charge on any atom is -0.383 e. The zero-order valence-corrected chi connectivity index (χ0v) is 12.7. The molecule has 3 N–H and O–H groups in total. The summed E-state index contributed by atoms with van der Waals surface area (Å²) in [5.41, 5.74) is 9.46. The van der Waals surface area contributed by atoms with Gasteiger partial charge in [-0.25, -0.2) is 4.98 Å². The molecule has 2 aromatic rings. The van der Waals surface area contributed by atoms with Crippen LogP contribution in [0.4, 0.5) is 5.82 Å². The van der Waals surface area contributed by atoms with Crippen LogP contribution in [0.2, 0.25) is 0 Å². The predicted octanol–water partition coefficient (Wildman–Crippen LogP) is 3.43. The molecular formula is C15H18BrN3. The van der Waals surface area contributed by atoms with Crippen LogP contribution < -0.4 is 11.1 Å². The van der Waals surface area contributed by atoms with Crippen molar-refractivity contribution in [1.82, 2.24) is 10.3 Å². The number of hydrogen-bond acceptors (Lipinski definition) is 3. The van der Waals surface area contributed by atoms with Crippen molar-refractivity contribution in [2.45, 2.75) is 19.9 Å². The second kappa shape index (κ2) is 6.17. The van der Waals surface area contributed by atoms with E-state index in [1.165, 1.54) is 5.56 Å². The summed E-state index contributed by atoms with van der Waals surface area (Å²) < 4.78 is 1.07. The van der Waals surface area contributed by atoms with E-state index in [9.17, 15) is 0 Å². The summed E-state index contributed by atoms with van der Waals surface area (Å²) in [5.74, 6) is 0.592. The average molecular weight is 320 g/mol. The second-order valence-electron chi connectivity index (χ2n) is 4.47. The number of anilines is 1. The first-order valence-corrected chi connectivity index (χ1v) is 7.12. The highest BCUT2D eigenvalue weighted by molar-refractivity contribution is 9.10. The van der Waals surface area contributed by atoms with E-state index in [2.05, 4.69) is 52.2 Å². The molecule has 0 saturated heterocycles. The van der Waals surface area contributed by atoms with Crippen molar-refractivity contribution in [1.29, 1.82) is 0 Å².